The fourth-order valence-electron chi connectivity index (χ4n) is 0.953. The lowest BCUT2D eigenvalue weighted by atomic mass is 10.2. The minimum absolute atomic E-state index is 0.0290. The molecular weight excluding hydrogens is 200 g/mol. The maximum absolute atomic E-state index is 11.2. The Hall–Kier alpha value is -2.05. The first-order valence-corrected chi connectivity index (χ1v) is 4.17. The van der Waals surface area contributed by atoms with E-state index in [0.717, 1.165) is 0 Å². The van der Waals surface area contributed by atoms with Crippen LogP contribution in [0.3, 0.4) is 0 Å². The molecule has 1 heterocycles. The first-order valence-electron chi connectivity index (χ1n) is 4.17. The molecule has 3 N–H and O–H groups in total. The fraction of sp³-hybridized carbons (Fsp3) is 0.375. The van der Waals surface area contributed by atoms with Crippen LogP contribution in [0.5, 0.6) is 5.88 Å². The van der Waals surface area contributed by atoms with Gasteiger partial charge in [0.15, 0.2) is 0 Å². The minimum Gasteiger partial charge on any atom is -0.391 e. The monoisotopic (exact) mass is 212 g/mol. The van der Waals surface area contributed by atoms with E-state index < -0.39 is 12.0 Å². The number of nitrogens with one attached hydrogen (secondary N) is 1. The number of amides is 2. The smallest absolute Gasteiger partial charge is 0.391 e. The average molecular weight is 212 g/mol. The summed E-state index contributed by atoms with van der Waals surface area (Å²) in [5.74, 6) is -0.721. The number of aryl methyl sites for hydroxylation is 1. The third-order valence-corrected chi connectivity index (χ3v) is 1.71. The number of hydrogen-bond donors (Lipinski definition) is 2. The molecule has 0 fully saturated rings. The highest BCUT2D eigenvalue weighted by atomic mass is 16.6. The van der Waals surface area contributed by atoms with Crippen molar-refractivity contribution < 1.29 is 14.3 Å². The Balaban J connectivity index is 2.96. The lowest BCUT2D eigenvalue weighted by molar-refractivity contribution is 0.0996. The summed E-state index contributed by atoms with van der Waals surface area (Å²) in [7, 11) is 3.05. The number of H-pyrrole nitrogens is 1. The molecule has 0 radical (unpaired) electrons. The van der Waals surface area contributed by atoms with Gasteiger partial charge in [0.25, 0.3) is 5.91 Å². The van der Waals surface area contributed by atoms with Gasteiger partial charge in [-0.15, -0.1) is 0 Å². The van der Waals surface area contributed by atoms with Gasteiger partial charge in [0, 0.05) is 14.1 Å². The lowest BCUT2D eigenvalue weighted by Gasteiger charge is -2.09. The van der Waals surface area contributed by atoms with Crippen molar-refractivity contribution in [1.82, 2.24) is 15.1 Å². The van der Waals surface area contributed by atoms with Crippen molar-refractivity contribution in [3.8, 4) is 5.88 Å². The Kier molecular flexibility index (Phi) is 2.93. The number of primary amides is 1. The molecular formula is C8H12N4O3. The standard InChI is InChI=1S/C8H12N4O3/c1-4-5(6(9)13)7(11-10-4)15-8(14)12(2)3/h1-3H3,(H2,9,13)(H,10,11). The fourth-order valence-corrected chi connectivity index (χ4v) is 0.953. The highest BCUT2D eigenvalue weighted by Crippen LogP contribution is 2.17. The topological polar surface area (TPSA) is 101 Å². The van der Waals surface area contributed by atoms with Crippen LogP contribution in [-0.2, 0) is 0 Å². The first kappa shape index (κ1) is 11.0. The number of hydrogen-bond acceptors (Lipinski definition) is 4. The molecule has 0 unspecified atom stereocenters. The van der Waals surface area contributed by atoms with Crippen molar-refractivity contribution in [2.45, 2.75) is 6.92 Å². The van der Waals surface area contributed by atoms with Gasteiger partial charge in [-0.25, -0.2) is 9.89 Å². The van der Waals surface area contributed by atoms with E-state index >= 15 is 0 Å². The van der Waals surface area contributed by atoms with Gasteiger partial charge in [0.1, 0.15) is 5.56 Å². The normalized spacial score (nSPS) is 9.80. The summed E-state index contributed by atoms with van der Waals surface area (Å²) in [6, 6.07) is 0. The molecule has 7 heteroatoms. The second kappa shape index (κ2) is 3.99. The molecule has 0 aliphatic rings. The predicted octanol–water partition coefficient (Wildman–Crippen LogP) is -0.123. The van der Waals surface area contributed by atoms with Crippen LogP contribution in [0.15, 0.2) is 0 Å². The Morgan fingerprint density at radius 2 is 2.07 bits per heavy atom. The molecule has 1 aromatic heterocycles. The van der Waals surface area contributed by atoms with Gasteiger partial charge in [0.05, 0.1) is 5.69 Å². The maximum atomic E-state index is 11.2. The molecule has 82 valence electrons. The second-order valence-electron chi connectivity index (χ2n) is 3.14. The number of nitrogens with two attached hydrogens (primary N) is 1. The lowest BCUT2D eigenvalue weighted by Crippen LogP contribution is -2.26. The largest absolute Gasteiger partial charge is 0.416 e. The maximum Gasteiger partial charge on any atom is 0.416 e. The van der Waals surface area contributed by atoms with Gasteiger partial charge >= 0.3 is 6.09 Å². The van der Waals surface area contributed by atoms with Gasteiger partial charge in [-0.05, 0) is 6.92 Å². The molecule has 2 amide bonds. The molecule has 7 nitrogen and oxygen atoms in total. The Morgan fingerprint density at radius 3 is 2.53 bits per heavy atom. The summed E-state index contributed by atoms with van der Waals surface area (Å²) in [4.78, 5) is 23.4. The minimum atomic E-state index is -0.692. The van der Waals surface area contributed by atoms with E-state index in [9.17, 15) is 9.59 Å². The van der Waals surface area contributed by atoms with E-state index in [1.54, 1.807) is 6.92 Å². The average Bonchev–Trinajstić information content (AvgIpc) is 2.46. The summed E-state index contributed by atoms with van der Waals surface area (Å²) in [5, 5.41) is 6.15. The number of carbonyl (C=O) groups is 2. The summed E-state index contributed by atoms with van der Waals surface area (Å²) in [6.45, 7) is 1.59. The van der Waals surface area contributed by atoms with E-state index in [4.69, 9.17) is 10.5 Å². The van der Waals surface area contributed by atoms with Crippen LogP contribution < -0.4 is 10.5 Å². The molecule has 0 atom stereocenters. The summed E-state index contributed by atoms with van der Waals surface area (Å²) < 4.78 is 4.86. The molecule has 0 aliphatic carbocycles. The van der Waals surface area contributed by atoms with Crippen molar-refractivity contribution in [2.75, 3.05) is 14.1 Å². The highest BCUT2D eigenvalue weighted by Gasteiger charge is 2.19. The van der Waals surface area contributed by atoms with Crippen LogP contribution in [0.2, 0.25) is 0 Å². The van der Waals surface area contributed by atoms with E-state index in [1.165, 1.54) is 19.0 Å². The number of rotatable bonds is 2. The molecule has 0 saturated carbocycles. The van der Waals surface area contributed by atoms with Crippen molar-refractivity contribution in [3.05, 3.63) is 11.3 Å². The van der Waals surface area contributed by atoms with Gasteiger partial charge < -0.3 is 15.4 Å². The van der Waals surface area contributed by atoms with Crippen molar-refractivity contribution in [1.29, 1.82) is 0 Å². The van der Waals surface area contributed by atoms with Crippen LogP contribution in [-0.4, -0.2) is 41.2 Å². The summed E-state index contributed by atoms with van der Waals surface area (Å²) in [5.41, 5.74) is 5.59. The summed E-state index contributed by atoms with van der Waals surface area (Å²) in [6.07, 6.45) is -0.610. The molecule has 1 aromatic rings. The highest BCUT2D eigenvalue weighted by molar-refractivity contribution is 5.96. The van der Waals surface area contributed by atoms with Crippen molar-refractivity contribution >= 4 is 12.0 Å². The number of carbonyl (C=O) groups excluding carboxylic acids is 2. The van der Waals surface area contributed by atoms with Gasteiger partial charge in [-0.3, -0.25) is 4.79 Å². The van der Waals surface area contributed by atoms with Crippen molar-refractivity contribution in [3.63, 3.8) is 0 Å². The van der Waals surface area contributed by atoms with E-state index in [2.05, 4.69) is 10.2 Å². The van der Waals surface area contributed by atoms with E-state index in [0.29, 0.717) is 5.69 Å². The first-order chi connectivity index (χ1) is 6.93. The Morgan fingerprint density at radius 1 is 1.47 bits per heavy atom. The molecule has 0 spiro atoms. The van der Waals surface area contributed by atoms with Gasteiger partial charge in [0.2, 0.25) is 5.88 Å². The summed E-state index contributed by atoms with van der Waals surface area (Å²) >= 11 is 0. The van der Waals surface area contributed by atoms with Gasteiger partial charge in [-0.1, -0.05) is 0 Å². The third kappa shape index (κ3) is 2.25. The molecule has 0 aliphatic heterocycles. The Labute approximate surface area is 86.2 Å². The second-order valence-corrected chi connectivity index (χ2v) is 3.14. The third-order valence-electron chi connectivity index (χ3n) is 1.71. The molecule has 0 bridgehead atoms. The number of aromatic amines is 1. The van der Waals surface area contributed by atoms with Gasteiger partial charge in [-0.2, -0.15) is 5.10 Å². The predicted molar refractivity (Wildman–Crippen MR) is 51.6 cm³/mol. The number of ether oxygens (including phenoxy) is 1. The van der Waals surface area contributed by atoms with Crippen LogP contribution >= 0.6 is 0 Å². The quantitative estimate of drug-likeness (QED) is 0.713. The van der Waals surface area contributed by atoms with Crippen molar-refractivity contribution in [2.24, 2.45) is 5.73 Å². The molecule has 1 rings (SSSR count). The molecule has 0 saturated heterocycles. The zero-order valence-corrected chi connectivity index (χ0v) is 8.70. The Bertz CT molecular complexity index is 397. The zero-order valence-electron chi connectivity index (χ0n) is 8.70. The SMILES string of the molecule is Cc1n[nH]c(OC(=O)N(C)C)c1C(N)=O. The van der Waals surface area contributed by atoms with Crippen LogP contribution in [0.25, 0.3) is 0 Å². The number of nitrogens with zero attached hydrogens (tertiary/aromatic N) is 2. The molecule has 15 heavy (non-hydrogen) atoms. The van der Waals surface area contributed by atoms with E-state index in [-0.39, 0.29) is 11.4 Å². The number of aromatic nitrogens is 2. The zero-order chi connectivity index (χ0) is 11.6. The van der Waals surface area contributed by atoms with E-state index in [1.807, 2.05) is 0 Å². The van der Waals surface area contributed by atoms with Crippen LogP contribution in [0, 0.1) is 6.92 Å². The van der Waals surface area contributed by atoms with Crippen LogP contribution in [0.4, 0.5) is 4.79 Å². The molecule has 0 aromatic carbocycles. The van der Waals surface area contributed by atoms with Crippen LogP contribution in [0.1, 0.15) is 16.1 Å².